The summed E-state index contributed by atoms with van der Waals surface area (Å²) in [6.07, 6.45) is 3.12. The summed E-state index contributed by atoms with van der Waals surface area (Å²) in [6.45, 7) is 0.687. The number of nitriles is 1. The number of benzene rings is 1. The Morgan fingerprint density at radius 3 is 2.76 bits per heavy atom. The largest absolute Gasteiger partial charge is 0.495 e. The molecule has 1 aromatic carbocycles. The van der Waals surface area contributed by atoms with Gasteiger partial charge in [-0.25, -0.2) is 0 Å². The van der Waals surface area contributed by atoms with E-state index in [1.165, 1.54) is 0 Å². The fourth-order valence-electron chi connectivity index (χ4n) is 1.98. The highest BCUT2D eigenvalue weighted by Crippen LogP contribution is 2.40. The molecule has 1 fully saturated rings. The maximum absolute atomic E-state index is 9.12. The fraction of sp³-hybridized carbons (Fsp3) is 0.462. The fourth-order valence-corrected chi connectivity index (χ4v) is 2.24. The van der Waals surface area contributed by atoms with Crippen LogP contribution in [0, 0.1) is 16.7 Å². The van der Waals surface area contributed by atoms with Crippen molar-refractivity contribution in [3.8, 4) is 11.8 Å². The second-order valence-corrected chi connectivity index (χ2v) is 4.86. The summed E-state index contributed by atoms with van der Waals surface area (Å²) in [5.74, 6) is 0.663. The number of rotatable bonds is 4. The van der Waals surface area contributed by atoms with Gasteiger partial charge >= 0.3 is 0 Å². The number of hydrogen-bond acceptors (Lipinski definition) is 3. The zero-order valence-corrected chi connectivity index (χ0v) is 10.5. The Morgan fingerprint density at radius 2 is 2.29 bits per heavy atom. The molecule has 3 nitrogen and oxygen atoms in total. The first-order chi connectivity index (χ1) is 8.19. The minimum absolute atomic E-state index is 0.174. The molecule has 1 saturated carbocycles. The standard InChI is InChI=1S/C13H15ClN2O/c1-17-12-4-3-10(7-11(12)14)16-9-13(8-15)5-2-6-13/h3-4,7,16H,2,5-6,9H2,1H3. The molecular formula is C13H15ClN2O. The molecule has 90 valence electrons. The Kier molecular flexibility index (Phi) is 3.44. The van der Waals surface area contributed by atoms with Crippen LogP contribution in [0.3, 0.4) is 0 Å². The predicted octanol–water partition coefficient (Wildman–Crippen LogP) is 3.45. The van der Waals surface area contributed by atoms with E-state index in [2.05, 4.69) is 11.4 Å². The molecule has 0 heterocycles. The monoisotopic (exact) mass is 250 g/mol. The van der Waals surface area contributed by atoms with Crippen LogP contribution in [0.1, 0.15) is 19.3 Å². The van der Waals surface area contributed by atoms with Crippen molar-refractivity contribution in [3.05, 3.63) is 23.2 Å². The third-order valence-corrected chi connectivity index (χ3v) is 3.63. The van der Waals surface area contributed by atoms with E-state index in [-0.39, 0.29) is 5.41 Å². The molecule has 1 aliphatic rings. The zero-order valence-electron chi connectivity index (χ0n) is 9.79. The van der Waals surface area contributed by atoms with Crippen molar-refractivity contribution < 1.29 is 4.74 Å². The van der Waals surface area contributed by atoms with Crippen LogP contribution in [0.5, 0.6) is 5.75 Å². The van der Waals surface area contributed by atoms with Gasteiger partial charge in [-0.15, -0.1) is 0 Å². The average Bonchev–Trinajstić information content (AvgIpc) is 2.28. The molecule has 0 radical (unpaired) electrons. The van der Waals surface area contributed by atoms with Crippen LogP contribution in [-0.4, -0.2) is 13.7 Å². The van der Waals surface area contributed by atoms with E-state index in [4.69, 9.17) is 21.6 Å². The van der Waals surface area contributed by atoms with Crippen LogP contribution in [0.15, 0.2) is 18.2 Å². The molecule has 1 aliphatic carbocycles. The maximum atomic E-state index is 9.12. The number of halogens is 1. The predicted molar refractivity (Wildman–Crippen MR) is 68.4 cm³/mol. The topological polar surface area (TPSA) is 45.0 Å². The molecule has 1 aromatic rings. The van der Waals surface area contributed by atoms with E-state index in [0.29, 0.717) is 17.3 Å². The molecule has 4 heteroatoms. The first kappa shape index (κ1) is 12.1. The SMILES string of the molecule is COc1ccc(NCC2(C#N)CCC2)cc1Cl. The van der Waals surface area contributed by atoms with Gasteiger partial charge in [-0.3, -0.25) is 0 Å². The smallest absolute Gasteiger partial charge is 0.137 e. The number of methoxy groups -OCH3 is 1. The van der Waals surface area contributed by atoms with Gasteiger partial charge < -0.3 is 10.1 Å². The summed E-state index contributed by atoms with van der Waals surface area (Å²) in [5.41, 5.74) is 0.754. The third-order valence-electron chi connectivity index (χ3n) is 3.33. The lowest BCUT2D eigenvalue weighted by Crippen LogP contribution is -2.34. The Morgan fingerprint density at radius 1 is 1.53 bits per heavy atom. The molecule has 1 N–H and O–H groups in total. The van der Waals surface area contributed by atoms with Crippen LogP contribution in [-0.2, 0) is 0 Å². The molecule has 0 saturated heterocycles. The van der Waals surface area contributed by atoms with Crippen molar-refractivity contribution in [3.63, 3.8) is 0 Å². The second kappa shape index (κ2) is 4.85. The molecule has 2 rings (SSSR count). The normalized spacial score (nSPS) is 16.8. The molecule has 0 unspecified atom stereocenters. The lowest BCUT2D eigenvalue weighted by Gasteiger charge is -2.35. The van der Waals surface area contributed by atoms with Gasteiger partial charge in [-0.05, 0) is 31.0 Å². The summed E-state index contributed by atoms with van der Waals surface area (Å²) in [7, 11) is 1.59. The van der Waals surface area contributed by atoms with Crippen LogP contribution in [0.2, 0.25) is 5.02 Å². The minimum atomic E-state index is -0.174. The quantitative estimate of drug-likeness (QED) is 0.890. The van der Waals surface area contributed by atoms with Crippen LogP contribution >= 0.6 is 11.6 Å². The molecule has 0 aromatic heterocycles. The van der Waals surface area contributed by atoms with Crippen molar-refractivity contribution in [2.45, 2.75) is 19.3 Å². The van der Waals surface area contributed by atoms with E-state index in [1.54, 1.807) is 7.11 Å². The summed E-state index contributed by atoms with van der Waals surface area (Å²) < 4.78 is 5.09. The average molecular weight is 251 g/mol. The lowest BCUT2D eigenvalue weighted by atomic mass is 9.70. The summed E-state index contributed by atoms with van der Waals surface area (Å²) in [5, 5.41) is 13.0. The van der Waals surface area contributed by atoms with Gasteiger partial charge in [-0.1, -0.05) is 18.0 Å². The van der Waals surface area contributed by atoms with E-state index >= 15 is 0 Å². The van der Waals surface area contributed by atoms with Crippen molar-refractivity contribution in [2.75, 3.05) is 19.0 Å². The van der Waals surface area contributed by atoms with Crippen LogP contribution in [0.4, 0.5) is 5.69 Å². The molecule has 0 amide bonds. The minimum Gasteiger partial charge on any atom is -0.495 e. The van der Waals surface area contributed by atoms with Crippen molar-refractivity contribution in [2.24, 2.45) is 5.41 Å². The first-order valence-electron chi connectivity index (χ1n) is 5.68. The van der Waals surface area contributed by atoms with Gasteiger partial charge in [0.25, 0.3) is 0 Å². The third kappa shape index (κ3) is 2.48. The van der Waals surface area contributed by atoms with Gasteiger partial charge in [0, 0.05) is 12.2 Å². The number of ether oxygens (including phenoxy) is 1. The highest BCUT2D eigenvalue weighted by molar-refractivity contribution is 6.32. The molecule has 0 bridgehead atoms. The van der Waals surface area contributed by atoms with Crippen molar-refractivity contribution in [1.29, 1.82) is 5.26 Å². The number of anilines is 1. The Labute approximate surface area is 106 Å². The van der Waals surface area contributed by atoms with Crippen LogP contribution in [0.25, 0.3) is 0 Å². The summed E-state index contributed by atoms with van der Waals surface area (Å²) >= 11 is 6.03. The second-order valence-electron chi connectivity index (χ2n) is 4.45. The number of nitrogens with zero attached hydrogens (tertiary/aromatic N) is 1. The highest BCUT2D eigenvalue weighted by atomic mass is 35.5. The molecular weight excluding hydrogens is 236 g/mol. The highest BCUT2D eigenvalue weighted by Gasteiger charge is 2.36. The van der Waals surface area contributed by atoms with Gasteiger partial charge in [0.2, 0.25) is 0 Å². The number of hydrogen-bond donors (Lipinski definition) is 1. The van der Waals surface area contributed by atoms with Gasteiger partial charge in [0.15, 0.2) is 0 Å². The molecule has 0 aliphatic heterocycles. The molecule has 17 heavy (non-hydrogen) atoms. The summed E-state index contributed by atoms with van der Waals surface area (Å²) in [6, 6.07) is 7.96. The summed E-state index contributed by atoms with van der Waals surface area (Å²) in [4.78, 5) is 0. The van der Waals surface area contributed by atoms with Crippen LogP contribution < -0.4 is 10.1 Å². The molecule has 0 spiro atoms. The van der Waals surface area contributed by atoms with Crippen molar-refractivity contribution in [1.82, 2.24) is 0 Å². The zero-order chi connectivity index (χ0) is 12.3. The number of nitrogens with one attached hydrogen (secondary N) is 1. The Bertz CT molecular complexity index is 449. The maximum Gasteiger partial charge on any atom is 0.137 e. The van der Waals surface area contributed by atoms with Gasteiger partial charge in [0.1, 0.15) is 5.75 Å². The van der Waals surface area contributed by atoms with Gasteiger partial charge in [0.05, 0.1) is 23.6 Å². The lowest BCUT2D eigenvalue weighted by molar-refractivity contribution is 0.233. The first-order valence-corrected chi connectivity index (χ1v) is 6.06. The van der Waals surface area contributed by atoms with Crippen molar-refractivity contribution >= 4 is 17.3 Å². The van der Waals surface area contributed by atoms with E-state index in [9.17, 15) is 0 Å². The molecule has 0 atom stereocenters. The van der Waals surface area contributed by atoms with E-state index in [1.807, 2.05) is 18.2 Å². The van der Waals surface area contributed by atoms with E-state index in [0.717, 1.165) is 24.9 Å². The van der Waals surface area contributed by atoms with E-state index < -0.39 is 0 Å². The Balaban J connectivity index is 2.00. The van der Waals surface area contributed by atoms with Gasteiger partial charge in [-0.2, -0.15) is 5.26 Å². The Hall–Kier alpha value is -1.40.